The lowest BCUT2D eigenvalue weighted by molar-refractivity contribution is 0.0397. The van der Waals surface area contributed by atoms with Crippen molar-refractivity contribution in [3.8, 4) is 0 Å². The Labute approximate surface area is 103 Å². The molecular weight excluding hydrogens is 311 g/mol. The molecule has 0 aromatic heterocycles. The van der Waals surface area contributed by atoms with Gasteiger partial charge in [0, 0.05) is 0 Å². The molecule has 0 aliphatic heterocycles. The maximum absolute atomic E-state index is 13.2. The summed E-state index contributed by atoms with van der Waals surface area (Å²) >= 11 is 32.0. The van der Waals surface area contributed by atoms with Gasteiger partial charge in [0.15, 0.2) is 4.33 Å². The normalized spacial score (nSPS) is 29.5. The van der Waals surface area contributed by atoms with Crippen molar-refractivity contribution < 1.29 is 8.78 Å². The minimum absolute atomic E-state index is 0.660. The highest BCUT2D eigenvalue weighted by Gasteiger charge is 2.73. The van der Waals surface area contributed by atoms with Crippen LogP contribution in [0.5, 0.6) is 0 Å². The molecule has 0 spiro atoms. The summed E-state index contributed by atoms with van der Waals surface area (Å²) in [5.41, 5.74) is 0. The molecular formula is C5Cl6F2. The lowest BCUT2D eigenvalue weighted by atomic mass is 10.2. The van der Waals surface area contributed by atoms with E-state index >= 15 is 0 Å². The van der Waals surface area contributed by atoms with Crippen molar-refractivity contribution in [1.29, 1.82) is 0 Å². The molecule has 13 heavy (non-hydrogen) atoms. The highest BCUT2D eigenvalue weighted by Crippen LogP contribution is 2.65. The zero-order chi connectivity index (χ0) is 10.7. The zero-order valence-corrected chi connectivity index (χ0v) is 10.1. The maximum Gasteiger partial charge on any atom is 0.320 e. The highest BCUT2D eigenvalue weighted by molar-refractivity contribution is 6.69. The topological polar surface area (TPSA) is 0 Å². The minimum Gasteiger partial charge on any atom is -0.197 e. The van der Waals surface area contributed by atoms with Gasteiger partial charge in [-0.05, 0) is 0 Å². The first-order valence-corrected chi connectivity index (χ1v) is 5.03. The summed E-state index contributed by atoms with van der Waals surface area (Å²) in [5, 5.41) is -1.70. The Morgan fingerprint density at radius 1 is 0.846 bits per heavy atom. The standard InChI is InChI=1S/C5Cl6F2/c6-1-2(7)4(12,13)5(10,11)3(1,8)9. The first-order chi connectivity index (χ1) is 5.57. The molecule has 0 aromatic rings. The van der Waals surface area contributed by atoms with E-state index in [0.29, 0.717) is 0 Å². The molecule has 0 atom stereocenters. The van der Waals surface area contributed by atoms with E-state index in [1.54, 1.807) is 0 Å². The maximum atomic E-state index is 13.2. The van der Waals surface area contributed by atoms with Crippen LogP contribution in [0.3, 0.4) is 0 Å². The average Bonchev–Trinajstić information content (AvgIpc) is 2.05. The lowest BCUT2D eigenvalue weighted by Crippen LogP contribution is -2.45. The van der Waals surface area contributed by atoms with Crippen LogP contribution in [0, 0.1) is 0 Å². The summed E-state index contributed by atoms with van der Waals surface area (Å²) in [5.74, 6) is -3.77. The van der Waals surface area contributed by atoms with Gasteiger partial charge in [0.05, 0.1) is 5.03 Å². The van der Waals surface area contributed by atoms with Crippen molar-refractivity contribution in [2.24, 2.45) is 0 Å². The fourth-order valence-corrected chi connectivity index (χ4v) is 2.39. The van der Waals surface area contributed by atoms with Crippen molar-refractivity contribution in [2.75, 3.05) is 0 Å². The molecule has 0 fully saturated rings. The number of halogens is 8. The highest BCUT2D eigenvalue weighted by atomic mass is 35.5. The van der Waals surface area contributed by atoms with Gasteiger partial charge in [-0.15, -0.1) is 0 Å². The Kier molecular flexibility index (Phi) is 3.02. The molecule has 1 rings (SSSR count). The average molecular weight is 311 g/mol. The lowest BCUT2D eigenvalue weighted by Gasteiger charge is -2.29. The van der Waals surface area contributed by atoms with Crippen LogP contribution in [0.15, 0.2) is 10.1 Å². The summed E-state index contributed by atoms with van der Waals surface area (Å²) in [4.78, 5) is 0. The van der Waals surface area contributed by atoms with Crippen LogP contribution in [-0.4, -0.2) is 14.6 Å². The Bertz CT molecular complexity index is 255. The molecule has 0 heterocycles. The first kappa shape index (κ1) is 12.4. The third-order valence-corrected chi connectivity index (χ3v) is 5.10. The summed E-state index contributed by atoms with van der Waals surface area (Å²) in [7, 11) is 0. The fraction of sp³-hybridized carbons (Fsp3) is 0.600. The second-order valence-corrected chi connectivity index (χ2v) is 5.76. The Morgan fingerprint density at radius 3 is 1.31 bits per heavy atom. The van der Waals surface area contributed by atoms with E-state index in [2.05, 4.69) is 0 Å². The van der Waals surface area contributed by atoms with E-state index in [1.165, 1.54) is 0 Å². The Balaban J connectivity index is 3.39. The van der Waals surface area contributed by atoms with Crippen LogP contribution >= 0.6 is 69.6 Å². The fourth-order valence-electron chi connectivity index (χ4n) is 0.749. The van der Waals surface area contributed by atoms with Crippen LogP contribution in [-0.2, 0) is 0 Å². The van der Waals surface area contributed by atoms with Crippen LogP contribution in [0.1, 0.15) is 0 Å². The molecule has 0 saturated carbocycles. The number of alkyl halides is 6. The summed E-state index contributed by atoms with van der Waals surface area (Å²) in [6, 6.07) is 0. The van der Waals surface area contributed by atoms with E-state index in [9.17, 15) is 8.78 Å². The monoisotopic (exact) mass is 308 g/mol. The van der Waals surface area contributed by atoms with Crippen LogP contribution < -0.4 is 0 Å². The second kappa shape index (κ2) is 3.16. The summed E-state index contributed by atoms with van der Waals surface area (Å²) < 4.78 is 21.2. The van der Waals surface area contributed by atoms with Gasteiger partial charge in [-0.25, -0.2) is 0 Å². The number of rotatable bonds is 0. The molecule has 0 nitrogen and oxygen atoms in total. The molecule has 0 aromatic carbocycles. The van der Waals surface area contributed by atoms with Gasteiger partial charge < -0.3 is 0 Å². The molecule has 0 amide bonds. The van der Waals surface area contributed by atoms with E-state index < -0.39 is 24.7 Å². The number of hydrogen-bond donors (Lipinski definition) is 0. The van der Waals surface area contributed by atoms with Gasteiger partial charge >= 0.3 is 5.92 Å². The van der Waals surface area contributed by atoms with E-state index in [0.717, 1.165) is 0 Å². The van der Waals surface area contributed by atoms with Gasteiger partial charge in [-0.3, -0.25) is 0 Å². The minimum atomic E-state index is -3.77. The third-order valence-electron chi connectivity index (χ3n) is 1.53. The van der Waals surface area contributed by atoms with Crippen molar-refractivity contribution >= 4 is 69.6 Å². The number of allylic oxidation sites excluding steroid dienone is 2. The molecule has 1 aliphatic rings. The first-order valence-electron chi connectivity index (χ1n) is 2.76. The molecule has 0 saturated heterocycles. The molecule has 0 unspecified atom stereocenters. The van der Waals surface area contributed by atoms with Crippen molar-refractivity contribution in [1.82, 2.24) is 0 Å². The van der Waals surface area contributed by atoms with Crippen LogP contribution in [0.4, 0.5) is 8.78 Å². The molecule has 76 valence electrons. The smallest absolute Gasteiger partial charge is 0.197 e. The predicted octanol–water partition coefficient (Wildman–Crippen LogP) is 4.67. The molecule has 0 radical (unpaired) electrons. The van der Waals surface area contributed by atoms with Gasteiger partial charge in [-0.2, -0.15) is 8.78 Å². The quantitative estimate of drug-likeness (QED) is 0.570. The number of hydrogen-bond acceptors (Lipinski definition) is 0. The largest absolute Gasteiger partial charge is 0.320 e. The SMILES string of the molecule is FC1(F)C(Cl)=C(Cl)C(Cl)(Cl)C1(Cl)Cl. The zero-order valence-electron chi connectivity index (χ0n) is 5.52. The van der Waals surface area contributed by atoms with E-state index in [1.807, 2.05) is 0 Å². The second-order valence-electron chi connectivity index (χ2n) is 2.35. The van der Waals surface area contributed by atoms with Crippen molar-refractivity contribution in [3.63, 3.8) is 0 Å². The van der Waals surface area contributed by atoms with Gasteiger partial charge in [-0.1, -0.05) is 69.6 Å². The van der Waals surface area contributed by atoms with Crippen LogP contribution in [0.2, 0.25) is 0 Å². The van der Waals surface area contributed by atoms with E-state index in [-0.39, 0.29) is 0 Å². The summed E-state index contributed by atoms with van der Waals surface area (Å²) in [6.07, 6.45) is 0. The Hall–Kier alpha value is 1.34. The van der Waals surface area contributed by atoms with E-state index in [4.69, 9.17) is 69.6 Å². The molecule has 0 bridgehead atoms. The third kappa shape index (κ3) is 1.37. The van der Waals surface area contributed by atoms with Gasteiger partial charge in [0.1, 0.15) is 5.03 Å². The van der Waals surface area contributed by atoms with Crippen molar-refractivity contribution in [2.45, 2.75) is 14.6 Å². The van der Waals surface area contributed by atoms with Gasteiger partial charge in [0.25, 0.3) is 0 Å². The summed E-state index contributed by atoms with van der Waals surface area (Å²) in [6.45, 7) is 0. The Morgan fingerprint density at radius 2 is 1.23 bits per heavy atom. The molecule has 1 aliphatic carbocycles. The van der Waals surface area contributed by atoms with Crippen LogP contribution in [0.25, 0.3) is 0 Å². The van der Waals surface area contributed by atoms with Crippen molar-refractivity contribution in [3.05, 3.63) is 10.1 Å². The molecule has 8 heteroatoms. The molecule has 0 N–H and O–H groups in total. The predicted molar refractivity (Wildman–Crippen MR) is 52.6 cm³/mol. The van der Waals surface area contributed by atoms with Gasteiger partial charge in [0.2, 0.25) is 4.33 Å².